The van der Waals surface area contributed by atoms with Crippen LogP contribution in [0.25, 0.3) is 0 Å². The summed E-state index contributed by atoms with van der Waals surface area (Å²) < 4.78 is 73.9. The van der Waals surface area contributed by atoms with Gasteiger partial charge in [-0.3, -0.25) is 4.79 Å². The maximum absolute atomic E-state index is 12.6. The first-order valence-corrected chi connectivity index (χ1v) is 7.67. The molecule has 0 fully saturated rings. The minimum Gasteiger partial charge on any atom is -0.346 e. The van der Waals surface area contributed by atoms with Crippen LogP contribution in [-0.4, -0.2) is 39.8 Å². The van der Waals surface area contributed by atoms with E-state index in [-0.39, 0.29) is 12.0 Å². The Morgan fingerprint density at radius 1 is 1.32 bits per heavy atom. The van der Waals surface area contributed by atoms with Gasteiger partial charge in [-0.1, -0.05) is 6.07 Å². The summed E-state index contributed by atoms with van der Waals surface area (Å²) in [5.41, 5.74) is 0.459. The summed E-state index contributed by atoms with van der Waals surface area (Å²) in [5, 5.41) is 2.35. The number of sulfonamides is 1. The van der Waals surface area contributed by atoms with E-state index < -0.39 is 46.3 Å². The van der Waals surface area contributed by atoms with Crippen molar-refractivity contribution in [1.82, 2.24) is 10.0 Å². The van der Waals surface area contributed by atoms with E-state index >= 15 is 0 Å². The summed E-state index contributed by atoms with van der Waals surface area (Å²) in [6, 6.07) is 2.69. The van der Waals surface area contributed by atoms with Gasteiger partial charge in [-0.2, -0.15) is 13.2 Å². The van der Waals surface area contributed by atoms with Crippen molar-refractivity contribution in [2.75, 3.05) is 13.2 Å². The van der Waals surface area contributed by atoms with Crippen molar-refractivity contribution in [1.29, 1.82) is 0 Å². The molecule has 0 bridgehead atoms. The molecule has 1 heterocycles. The van der Waals surface area contributed by atoms with Crippen LogP contribution in [0, 0.1) is 0 Å². The third-order valence-corrected chi connectivity index (χ3v) is 4.49. The lowest BCUT2D eigenvalue weighted by Crippen LogP contribution is -2.42. The van der Waals surface area contributed by atoms with Crippen molar-refractivity contribution < 1.29 is 30.8 Å². The number of amides is 1. The van der Waals surface area contributed by atoms with Crippen molar-refractivity contribution in [3.63, 3.8) is 0 Å². The Hall–Kier alpha value is -1.68. The molecule has 2 rings (SSSR count). The van der Waals surface area contributed by atoms with Crippen molar-refractivity contribution in [2.45, 2.75) is 23.5 Å². The first-order chi connectivity index (χ1) is 10.1. The van der Waals surface area contributed by atoms with E-state index in [2.05, 4.69) is 5.32 Å². The van der Waals surface area contributed by atoms with E-state index in [0.717, 1.165) is 12.1 Å². The van der Waals surface area contributed by atoms with E-state index in [9.17, 15) is 30.8 Å². The molecule has 0 aliphatic carbocycles. The maximum atomic E-state index is 12.6. The molecule has 0 radical (unpaired) electrons. The minimum atomic E-state index is -4.69. The van der Waals surface area contributed by atoms with Gasteiger partial charge in [0.2, 0.25) is 10.0 Å². The van der Waals surface area contributed by atoms with E-state index in [1.54, 1.807) is 0 Å². The van der Waals surface area contributed by atoms with Crippen LogP contribution in [0.4, 0.5) is 17.6 Å². The van der Waals surface area contributed by atoms with Crippen LogP contribution >= 0.6 is 0 Å². The van der Waals surface area contributed by atoms with E-state index in [1.165, 1.54) is 10.8 Å². The quantitative estimate of drug-likeness (QED) is 0.808. The zero-order valence-electron chi connectivity index (χ0n) is 11.1. The number of hydrogen-bond acceptors (Lipinski definition) is 3. The number of carbonyl (C=O) groups excluding carboxylic acids is 1. The molecular weight excluding hydrogens is 328 g/mol. The average Bonchev–Trinajstić information content (AvgIpc) is 2.44. The first kappa shape index (κ1) is 16.7. The monoisotopic (exact) mass is 340 g/mol. The Labute approximate surface area is 123 Å². The molecule has 1 atom stereocenters. The van der Waals surface area contributed by atoms with E-state index in [0.29, 0.717) is 5.56 Å². The van der Waals surface area contributed by atoms with Gasteiger partial charge >= 0.3 is 6.18 Å². The molecule has 22 heavy (non-hydrogen) atoms. The molecule has 1 unspecified atom stereocenters. The molecule has 122 valence electrons. The molecule has 0 aromatic heterocycles. The molecule has 2 N–H and O–H groups in total. The molecule has 1 amide bonds. The summed E-state index contributed by atoms with van der Waals surface area (Å²) >= 11 is 0. The summed E-state index contributed by atoms with van der Waals surface area (Å²) in [4.78, 5) is 11.3. The van der Waals surface area contributed by atoms with Crippen molar-refractivity contribution >= 4 is 15.9 Å². The molecule has 0 saturated carbocycles. The smallest absolute Gasteiger partial charge is 0.346 e. The Kier molecular flexibility index (Phi) is 4.43. The van der Waals surface area contributed by atoms with Crippen molar-refractivity contribution in [2.24, 2.45) is 0 Å². The molecule has 0 saturated heterocycles. The zero-order valence-corrected chi connectivity index (χ0v) is 11.9. The topological polar surface area (TPSA) is 75.3 Å². The number of nitrogens with one attached hydrogen (secondary N) is 2. The number of halogens is 4. The second-order valence-electron chi connectivity index (χ2n) is 4.79. The predicted molar refractivity (Wildman–Crippen MR) is 68.6 cm³/mol. The Balaban J connectivity index is 2.28. The van der Waals surface area contributed by atoms with E-state index in [1.807, 2.05) is 0 Å². The molecule has 0 spiro atoms. The minimum absolute atomic E-state index is 0.0135. The Bertz CT molecular complexity index is 688. The summed E-state index contributed by atoms with van der Waals surface area (Å²) in [6.07, 6.45) is -4.50. The van der Waals surface area contributed by atoms with Gasteiger partial charge in [0.15, 0.2) is 0 Å². The van der Waals surface area contributed by atoms with Crippen LogP contribution < -0.4 is 10.0 Å². The number of fused-ring (bicyclic) bond motifs is 1. The fourth-order valence-corrected chi connectivity index (χ4v) is 3.09. The number of carbonyl (C=O) groups is 1. The highest BCUT2D eigenvalue weighted by molar-refractivity contribution is 7.89. The van der Waals surface area contributed by atoms with Crippen LogP contribution in [0.1, 0.15) is 15.9 Å². The standard InChI is InChI=1S/C12H12F4N2O3S/c13-5-8-3-7-1-2-9(4-10(7)11(19)18-8)22(20,21)17-6-12(14,15)16/h1-2,4,8,17H,3,5-6H2,(H,18,19). The number of benzene rings is 1. The molecule has 1 aromatic rings. The van der Waals surface area contributed by atoms with Crippen LogP contribution in [0.2, 0.25) is 0 Å². The lowest BCUT2D eigenvalue weighted by atomic mass is 9.96. The highest BCUT2D eigenvalue weighted by Crippen LogP contribution is 2.22. The molecular formula is C12H12F4N2O3S. The van der Waals surface area contributed by atoms with Gasteiger partial charge in [-0.15, -0.1) is 0 Å². The van der Waals surface area contributed by atoms with Crippen molar-refractivity contribution in [3.05, 3.63) is 29.3 Å². The lowest BCUT2D eigenvalue weighted by Gasteiger charge is -2.23. The van der Waals surface area contributed by atoms with Gasteiger partial charge < -0.3 is 5.32 Å². The van der Waals surface area contributed by atoms with Crippen LogP contribution in [-0.2, 0) is 16.4 Å². The summed E-state index contributed by atoms with van der Waals surface area (Å²) in [5.74, 6) is -0.656. The summed E-state index contributed by atoms with van der Waals surface area (Å²) in [6.45, 7) is -2.47. The second-order valence-corrected chi connectivity index (χ2v) is 6.55. The molecule has 10 heteroatoms. The number of hydrogen-bond donors (Lipinski definition) is 2. The van der Waals surface area contributed by atoms with Crippen LogP contribution in [0.15, 0.2) is 23.1 Å². The van der Waals surface area contributed by atoms with Gasteiger partial charge in [-0.25, -0.2) is 17.5 Å². The van der Waals surface area contributed by atoms with Crippen LogP contribution in [0.3, 0.4) is 0 Å². The molecule has 1 aliphatic heterocycles. The highest BCUT2D eigenvalue weighted by Gasteiger charge is 2.31. The van der Waals surface area contributed by atoms with Crippen LogP contribution in [0.5, 0.6) is 0 Å². The summed E-state index contributed by atoms with van der Waals surface area (Å²) in [7, 11) is -4.39. The fourth-order valence-electron chi connectivity index (χ4n) is 2.05. The lowest BCUT2D eigenvalue weighted by molar-refractivity contribution is -0.121. The number of rotatable bonds is 4. The van der Waals surface area contributed by atoms with E-state index in [4.69, 9.17) is 0 Å². The van der Waals surface area contributed by atoms with Gasteiger partial charge in [0.25, 0.3) is 5.91 Å². The first-order valence-electron chi connectivity index (χ1n) is 6.18. The Morgan fingerprint density at radius 2 is 2.00 bits per heavy atom. The molecule has 1 aromatic carbocycles. The predicted octanol–water partition coefficient (Wildman–Crippen LogP) is 1.15. The largest absolute Gasteiger partial charge is 0.402 e. The second kappa shape index (κ2) is 5.84. The van der Waals surface area contributed by atoms with Crippen molar-refractivity contribution in [3.8, 4) is 0 Å². The molecule has 5 nitrogen and oxygen atoms in total. The normalized spacial score (nSPS) is 18.7. The maximum Gasteiger partial charge on any atom is 0.402 e. The third-order valence-electron chi connectivity index (χ3n) is 3.09. The van der Waals surface area contributed by atoms with Gasteiger partial charge in [0.1, 0.15) is 13.2 Å². The molecule has 1 aliphatic rings. The Morgan fingerprint density at radius 3 is 2.59 bits per heavy atom. The fraction of sp³-hybridized carbons (Fsp3) is 0.417. The SMILES string of the molecule is O=C1NC(CF)Cc2ccc(S(=O)(=O)NCC(F)(F)F)cc21. The average molecular weight is 340 g/mol. The third kappa shape index (κ3) is 3.74. The van der Waals surface area contributed by atoms with Gasteiger partial charge in [0.05, 0.1) is 10.9 Å². The van der Waals surface area contributed by atoms with Gasteiger partial charge in [0, 0.05) is 5.56 Å². The van der Waals surface area contributed by atoms with Gasteiger partial charge in [-0.05, 0) is 24.1 Å². The number of alkyl halides is 4. The zero-order chi connectivity index (χ0) is 16.5. The highest BCUT2D eigenvalue weighted by atomic mass is 32.2.